The number of nitrogens with one attached hydrogen (secondary N) is 1. The monoisotopic (exact) mass is 311 g/mol. The van der Waals surface area contributed by atoms with Gasteiger partial charge in [0.25, 0.3) is 0 Å². The lowest BCUT2D eigenvalue weighted by atomic mass is 10.1. The molecule has 0 unspecified atom stereocenters. The summed E-state index contributed by atoms with van der Waals surface area (Å²) in [6, 6.07) is 7.85. The van der Waals surface area contributed by atoms with Crippen LogP contribution in [0.5, 0.6) is 0 Å². The Morgan fingerprint density at radius 1 is 1.33 bits per heavy atom. The molecule has 0 heterocycles. The number of carbonyl (C=O) groups excluding carboxylic acids is 2. The SMILES string of the molecule is CN(CC(=O)NC1CC1)C(=O)CCc1ccccc1N.Cl. The number of para-hydroxylation sites is 1. The van der Waals surface area contributed by atoms with E-state index in [9.17, 15) is 9.59 Å². The Kier molecular flexibility index (Phi) is 6.49. The van der Waals surface area contributed by atoms with Crippen LogP contribution in [-0.4, -0.2) is 36.3 Å². The largest absolute Gasteiger partial charge is 0.399 e. The van der Waals surface area contributed by atoms with Crippen molar-refractivity contribution in [3.8, 4) is 0 Å². The summed E-state index contributed by atoms with van der Waals surface area (Å²) >= 11 is 0. The van der Waals surface area contributed by atoms with Crippen molar-refractivity contribution in [3.05, 3.63) is 29.8 Å². The Labute approximate surface area is 131 Å². The molecule has 2 rings (SSSR count). The van der Waals surface area contributed by atoms with Crippen molar-refractivity contribution in [1.29, 1.82) is 0 Å². The molecule has 6 heteroatoms. The lowest BCUT2D eigenvalue weighted by Gasteiger charge is -2.17. The van der Waals surface area contributed by atoms with Gasteiger partial charge in [-0.2, -0.15) is 0 Å². The second kappa shape index (κ2) is 7.88. The summed E-state index contributed by atoms with van der Waals surface area (Å²) in [4.78, 5) is 25.1. The summed E-state index contributed by atoms with van der Waals surface area (Å²) in [5.41, 5.74) is 7.51. The van der Waals surface area contributed by atoms with E-state index in [2.05, 4.69) is 5.32 Å². The number of halogens is 1. The zero-order valence-electron chi connectivity index (χ0n) is 12.2. The number of likely N-dealkylation sites (N-methyl/N-ethyl adjacent to an activating group) is 1. The molecule has 21 heavy (non-hydrogen) atoms. The molecular formula is C15H22ClN3O2. The number of nitrogens with two attached hydrogens (primary N) is 1. The fourth-order valence-electron chi connectivity index (χ4n) is 2.00. The molecule has 1 fully saturated rings. The van der Waals surface area contributed by atoms with Crippen molar-refractivity contribution >= 4 is 29.9 Å². The predicted octanol–water partition coefficient (Wildman–Crippen LogP) is 1.36. The van der Waals surface area contributed by atoms with E-state index in [1.807, 2.05) is 24.3 Å². The molecule has 0 aliphatic heterocycles. The molecule has 1 aliphatic carbocycles. The van der Waals surface area contributed by atoms with Crippen LogP contribution in [0.25, 0.3) is 0 Å². The third kappa shape index (κ3) is 5.63. The van der Waals surface area contributed by atoms with Gasteiger partial charge in [0, 0.05) is 25.2 Å². The van der Waals surface area contributed by atoms with Gasteiger partial charge in [0.15, 0.2) is 0 Å². The molecule has 116 valence electrons. The number of amides is 2. The Hall–Kier alpha value is -1.75. The third-order valence-corrected chi connectivity index (χ3v) is 3.41. The molecular weight excluding hydrogens is 290 g/mol. The fourth-order valence-corrected chi connectivity index (χ4v) is 2.00. The molecule has 0 atom stereocenters. The van der Waals surface area contributed by atoms with E-state index in [1.54, 1.807) is 7.05 Å². The van der Waals surface area contributed by atoms with Crippen molar-refractivity contribution in [3.63, 3.8) is 0 Å². The topological polar surface area (TPSA) is 75.4 Å². The summed E-state index contributed by atoms with van der Waals surface area (Å²) in [5, 5.41) is 2.87. The molecule has 0 spiro atoms. The molecule has 0 aromatic heterocycles. The molecule has 2 amide bonds. The number of rotatable bonds is 6. The van der Waals surface area contributed by atoms with Crippen LogP contribution >= 0.6 is 12.4 Å². The van der Waals surface area contributed by atoms with Crippen LogP contribution in [-0.2, 0) is 16.0 Å². The van der Waals surface area contributed by atoms with E-state index in [-0.39, 0.29) is 30.8 Å². The number of nitrogens with zero attached hydrogens (tertiary/aromatic N) is 1. The molecule has 0 bridgehead atoms. The highest BCUT2D eigenvalue weighted by molar-refractivity contribution is 5.85. The second-order valence-electron chi connectivity index (χ2n) is 5.29. The Morgan fingerprint density at radius 3 is 2.62 bits per heavy atom. The van der Waals surface area contributed by atoms with Crippen molar-refractivity contribution < 1.29 is 9.59 Å². The van der Waals surface area contributed by atoms with Crippen LogP contribution in [0, 0.1) is 0 Å². The minimum Gasteiger partial charge on any atom is -0.399 e. The lowest BCUT2D eigenvalue weighted by molar-refractivity contribution is -0.134. The maximum Gasteiger partial charge on any atom is 0.239 e. The van der Waals surface area contributed by atoms with Crippen LogP contribution in [0.15, 0.2) is 24.3 Å². The van der Waals surface area contributed by atoms with Crippen molar-refractivity contribution in [2.24, 2.45) is 0 Å². The molecule has 1 aliphatic rings. The van der Waals surface area contributed by atoms with E-state index < -0.39 is 0 Å². The van der Waals surface area contributed by atoms with Gasteiger partial charge in [-0.25, -0.2) is 0 Å². The first-order valence-corrected chi connectivity index (χ1v) is 6.93. The minimum absolute atomic E-state index is 0. The first-order valence-electron chi connectivity index (χ1n) is 6.93. The highest BCUT2D eigenvalue weighted by atomic mass is 35.5. The van der Waals surface area contributed by atoms with Crippen molar-refractivity contribution in [2.75, 3.05) is 19.3 Å². The zero-order chi connectivity index (χ0) is 14.5. The second-order valence-corrected chi connectivity index (χ2v) is 5.29. The number of nitrogen functional groups attached to an aromatic ring is 1. The molecule has 0 saturated heterocycles. The highest BCUT2D eigenvalue weighted by Gasteiger charge is 2.24. The molecule has 1 aromatic rings. The number of benzene rings is 1. The van der Waals surface area contributed by atoms with Gasteiger partial charge < -0.3 is 16.0 Å². The Balaban J connectivity index is 0.00000220. The van der Waals surface area contributed by atoms with E-state index in [4.69, 9.17) is 5.73 Å². The van der Waals surface area contributed by atoms with E-state index in [0.29, 0.717) is 24.6 Å². The maximum atomic E-state index is 12.0. The van der Waals surface area contributed by atoms with Gasteiger partial charge in [0.2, 0.25) is 11.8 Å². The van der Waals surface area contributed by atoms with Crippen molar-refractivity contribution in [1.82, 2.24) is 10.2 Å². The number of carbonyl (C=O) groups is 2. The summed E-state index contributed by atoms with van der Waals surface area (Å²) < 4.78 is 0. The summed E-state index contributed by atoms with van der Waals surface area (Å²) in [6.07, 6.45) is 3.06. The smallest absolute Gasteiger partial charge is 0.239 e. The fraction of sp³-hybridized carbons (Fsp3) is 0.467. The van der Waals surface area contributed by atoms with Crippen LogP contribution in [0.3, 0.4) is 0 Å². The first kappa shape index (κ1) is 17.3. The highest BCUT2D eigenvalue weighted by Crippen LogP contribution is 2.18. The molecule has 1 saturated carbocycles. The number of anilines is 1. The van der Waals surface area contributed by atoms with E-state index in [1.165, 1.54) is 4.90 Å². The van der Waals surface area contributed by atoms with Gasteiger partial charge in [-0.3, -0.25) is 9.59 Å². The number of hydrogen-bond donors (Lipinski definition) is 2. The van der Waals surface area contributed by atoms with Gasteiger partial charge in [-0.1, -0.05) is 18.2 Å². The number of hydrogen-bond acceptors (Lipinski definition) is 3. The summed E-state index contributed by atoms with van der Waals surface area (Å²) in [5.74, 6) is -0.123. The standard InChI is InChI=1S/C15H21N3O2.ClH/c1-18(10-14(19)17-12-7-8-12)15(20)9-6-11-4-2-3-5-13(11)16;/h2-5,12H,6-10,16H2,1H3,(H,17,19);1H. The zero-order valence-corrected chi connectivity index (χ0v) is 13.0. The maximum absolute atomic E-state index is 12.0. The molecule has 5 nitrogen and oxygen atoms in total. The van der Waals surface area contributed by atoms with Gasteiger partial charge in [-0.15, -0.1) is 12.4 Å². The first-order chi connectivity index (χ1) is 9.56. The van der Waals surface area contributed by atoms with Crippen LogP contribution in [0.4, 0.5) is 5.69 Å². The molecule has 3 N–H and O–H groups in total. The average Bonchev–Trinajstić information content (AvgIpc) is 3.21. The number of aryl methyl sites for hydroxylation is 1. The van der Waals surface area contributed by atoms with Gasteiger partial charge in [0.1, 0.15) is 0 Å². The van der Waals surface area contributed by atoms with Gasteiger partial charge >= 0.3 is 0 Å². The summed E-state index contributed by atoms with van der Waals surface area (Å²) in [6.45, 7) is 0.125. The molecule has 1 aromatic carbocycles. The predicted molar refractivity (Wildman–Crippen MR) is 85.2 cm³/mol. The Morgan fingerprint density at radius 2 is 2.00 bits per heavy atom. The Bertz CT molecular complexity index is 503. The van der Waals surface area contributed by atoms with Crippen LogP contribution in [0.1, 0.15) is 24.8 Å². The van der Waals surface area contributed by atoms with E-state index >= 15 is 0 Å². The lowest BCUT2D eigenvalue weighted by Crippen LogP contribution is -2.39. The quantitative estimate of drug-likeness (QED) is 0.779. The van der Waals surface area contributed by atoms with Gasteiger partial charge in [0.05, 0.1) is 6.54 Å². The normalized spacial score (nSPS) is 13.2. The average molecular weight is 312 g/mol. The summed E-state index contributed by atoms with van der Waals surface area (Å²) in [7, 11) is 1.66. The van der Waals surface area contributed by atoms with Crippen LogP contribution in [0.2, 0.25) is 0 Å². The molecule has 0 radical (unpaired) electrons. The van der Waals surface area contributed by atoms with Gasteiger partial charge in [-0.05, 0) is 30.9 Å². The van der Waals surface area contributed by atoms with E-state index in [0.717, 1.165) is 18.4 Å². The third-order valence-electron chi connectivity index (χ3n) is 3.41. The van der Waals surface area contributed by atoms with Crippen molar-refractivity contribution in [2.45, 2.75) is 31.7 Å². The van der Waals surface area contributed by atoms with Crippen LogP contribution < -0.4 is 11.1 Å². The minimum atomic E-state index is -0.0809.